The maximum absolute atomic E-state index is 5.60. The van der Waals surface area contributed by atoms with Gasteiger partial charge in [-0.1, -0.05) is 6.92 Å². The topological polar surface area (TPSA) is 64.3 Å². The standard InChI is InChI=1S/C13H22N4O/c1-2-7-18-13-9-15-8-12(16-13)17-6-4-11(10-17)3-5-14/h8-9,11H,2-7,10,14H2,1H3. The molecule has 0 amide bonds. The van der Waals surface area contributed by atoms with Crippen LogP contribution in [-0.4, -0.2) is 36.2 Å². The molecule has 1 saturated heterocycles. The number of hydrogen-bond acceptors (Lipinski definition) is 5. The molecule has 0 bridgehead atoms. The van der Waals surface area contributed by atoms with Gasteiger partial charge in [-0.2, -0.15) is 4.98 Å². The molecule has 1 aromatic heterocycles. The Bertz CT molecular complexity index is 372. The first-order chi connectivity index (χ1) is 8.83. The first-order valence-electron chi connectivity index (χ1n) is 6.73. The zero-order valence-electron chi connectivity index (χ0n) is 11.0. The van der Waals surface area contributed by atoms with Crippen LogP contribution in [0, 0.1) is 5.92 Å². The monoisotopic (exact) mass is 250 g/mol. The van der Waals surface area contributed by atoms with E-state index in [1.165, 1.54) is 6.42 Å². The third-order valence-electron chi connectivity index (χ3n) is 3.24. The van der Waals surface area contributed by atoms with Crippen LogP contribution in [0.3, 0.4) is 0 Å². The van der Waals surface area contributed by atoms with Gasteiger partial charge in [0.1, 0.15) is 0 Å². The Labute approximate surface area is 108 Å². The second-order valence-corrected chi connectivity index (χ2v) is 4.74. The predicted octanol–water partition coefficient (Wildman–Crippen LogP) is 1.44. The van der Waals surface area contributed by atoms with Crippen molar-refractivity contribution in [2.75, 3.05) is 31.1 Å². The third kappa shape index (κ3) is 3.32. The molecule has 18 heavy (non-hydrogen) atoms. The Hall–Kier alpha value is -1.36. The van der Waals surface area contributed by atoms with Gasteiger partial charge < -0.3 is 15.4 Å². The lowest BCUT2D eigenvalue weighted by molar-refractivity contribution is 0.304. The van der Waals surface area contributed by atoms with Crippen LogP contribution in [-0.2, 0) is 0 Å². The van der Waals surface area contributed by atoms with Crippen LogP contribution >= 0.6 is 0 Å². The number of nitrogens with two attached hydrogens (primary N) is 1. The highest BCUT2D eigenvalue weighted by Crippen LogP contribution is 2.24. The Morgan fingerprint density at radius 2 is 2.39 bits per heavy atom. The highest BCUT2D eigenvalue weighted by molar-refractivity contribution is 5.38. The maximum atomic E-state index is 5.60. The zero-order chi connectivity index (χ0) is 12.8. The van der Waals surface area contributed by atoms with Crippen molar-refractivity contribution in [1.82, 2.24) is 9.97 Å². The summed E-state index contributed by atoms with van der Waals surface area (Å²) in [6, 6.07) is 0. The molecule has 1 aliphatic heterocycles. The lowest BCUT2D eigenvalue weighted by Crippen LogP contribution is -2.22. The lowest BCUT2D eigenvalue weighted by Gasteiger charge is -2.17. The van der Waals surface area contributed by atoms with Crippen LogP contribution in [0.15, 0.2) is 12.4 Å². The molecular formula is C13H22N4O. The molecule has 100 valence electrons. The van der Waals surface area contributed by atoms with Gasteiger partial charge in [-0.25, -0.2) is 0 Å². The van der Waals surface area contributed by atoms with Crippen molar-refractivity contribution in [3.8, 4) is 5.88 Å². The van der Waals surface area contributed by atoms with E-state index >= 15 is 0 Å². The number of nitrogens with zero attached hydrogens (tertiary/aromatic N) is 3. The fraction of sp³-hybridized carbons (Fsp3) is 0.692. The van der Waals surface area contributed by atoms with Crippen LogP contribution in [0.5, 0.6) is 5.88 Å². The fourth-order valence-electron chi connectivity index (χ4n) is 2.28. The second-order valence-electron chi connectivity index (χ2n) is 4.74. The van der Waals surface area contributed by atoms with Crippen molar-refractivity contribution in [3.05, 3.63) is 12.4 Å². The van der Waals surface area contributed by atoms with E-state index in [-0.39, 0.29) is 0 Å². The van der Waals surface area contributed by atoms with Gasteiger partial charge in [-0.15, -0.1) is 0 Å². The molecule has 0 aliphatic carbocycles. The van der Waals surface area contributed by atoms with E-state index in [4.69, 9.17) is 10.5 Å². The van der Waals surface area contributed by atoms with Crippen molar-refractivity contribution >= 4 is 5.82 Å². The highest BCUT2D eigenvalue weighted by Gasteiger charge is 2.23. The van der Waals surface area contributed by atoms with Crippen molar-refractivity contribution < 1.29 is 4.74 Å². The smallest absolute Gasteiger partial charge is 0.234 e. The summed E-state index contributed by atoms with van der Waals surface area (Å²) in [5.41, 5.74) is 5.60. The minimum atomic E-state index is 0.622. The molecule has 1 unspecified atom stereocenters. The summed E-state index contributed by atoms with van der Waals surface area (Å²) in [4.78, 5) is 11.0. The number of anilines is 1. The Kier molecular flexibility index (Phi) is 4.75. The minimum Gasteiger partial charge on any atom is -0.477 e. The molecule has 2 heterocycles. The van der Waals surface area contributed by atoms with E-state index in [0.717, 1.165) is 38.3 Å². The molecule has 2 rings (SSSR count). The Morgan fingerprint density at radius 3 is 3.17 bits per heavy atom. The fourth-order valence-corrected chi connectivity index (χ4v) is 2.28. The van der Waals surface area contributed by atoms with Crippen molar-refractivity contribution in [3.63, 3.8) is 0 Å². The van der Waals surface area contributed by atoms with Gasteiger partial charge in [0.15, 0.2) is 5.82 Å². The molecule has 0 spiro atoms. The van der Waals surface area contributed by atoms with Crippen molar-refractivity contribution in [1.29, 1.82) is 0 Å². The van der Waals surface area contributed by atoms with E-state index in [1.54, 1.807) is 6.20 Å². The number of aromatic nitrogens is 2. The lowest BCUT2D eigenvalue weighted by atomic mass is 10.1. The third-order valence-corrected chi connectivity index (χ3v) is 3.24. The van der Waals surface area contributed by atoms with E-state index in [9.17, 15) is 0 Å². The molecule has 2 N–H and O–H groups in total. The summed E-state index contributed by atoms with van der Waals surface area (Å²) in [6.45, 7) is 5.60. The first kappa shape index (κ1) is 13.1. The van der Waals surface area contributed by atoms with Gasteiger partial charge in [0, 0.05) is 13.1 Å². The number of ether oxygens (including phenoxy) is 1. The van der Waals surface area contributed by atoms with Crippen LogP contribution in [0.25, 0.3) is 0 Å². The average Bonchev–Trinajstić information content (AvgIpc) is 2.86. The van der Waals surface area contributed by atoms with Gasteiger partial charge in [0.25, 0.3) is 0 Å². The van der Waals surface area contributed by atoms with Crippen LogP contribution in [0.1, 0.15) is 26.2 Å². The Morgan fingerprint density at radius 1 is 1.50 bits per heavy atom. The Balaban J connectivity index is 1.96. The molecule has 1 atom stereocenters. The molecule has 5 nitrogen and oxygen atoms in total. The molecule has 1 aliphatic rings. The van der Waals surface area contributed by atoms with Gasteiger partial charge in [0.2, 0.25) is 5.88 Å². The summed E-state index contributed by atoms with van der Waals surface area (Å²) in [6.07, 6.45) is 6.75. The summed E-state index contributed by atoms with van der Waals surface area (Å²) < 4.78 is 5.51. The molecule has 0 radical (unpaired) electrons. The zero-order valence-corrected chi connectivity index (χ0v) is 11.0. The van der Waals surface area contributed by atoms with E-state index < -0.39 is 0 Å². The quantitative estimate of drug-likeness (QED) is 0.827. The molecule has 0 saturated carbocycles. The van der Waals surface area contributed by atoms with E-state index in [0.29, 0.717) is 18.4 Å². The van der Waals surface area contributed by atoms with Gasteiger partial charge in [-0.3, -0.25) is 4.98 Å². The second kappa shape index (κ2) is 6.54. The van der Waals surface area contributed by atoms with E-state index in [1.807, 2.05) is 6.20 Å². The maximum Gasteiger partial charge on any atom is 0.234 e. The van der Waals surface area contributed by atoms with Crippen molar-refractivity contribution in [2.24, 2.45) is 11.7 Å². The summed E-state index contributed by atoms with van der Waals surface area (Å²) >= 11 is 0. The first-order valence-corrected chi connectivity index (χ1v) is 6.73. The number of hydrogen-bond donors (Lipinski definition) is 1. The largest absolute Gasteiger partial charge is 0.477 e. The minimum absolute atomic E-state index is 0.622. The SMILES string of the molecule is CCCOc1cncc(N2CCC(CCN)C2)n1. The molecule has 1 aromatic rings. The van der Waals surface area contributed by atoms with Crippen LogP contribution < -0.4 is 15.4 Å². The summed E-state index contributed by atoms with van der Waals surface area (Å²) in [7, 11) is 0. The van der Waals surface area contributed by atoms with Crippen LogP contribution in [0.2, 0.25) is 0 Å². The molecule has 0 aromatic carbocycles. The van der Waals surface area contributed by atoms with Crippen LogP contribution in [0.4, 0.5) is 5.82 Å². The average molecular weight is 250 g/mol. The van der Waals surface area contributed by atoms with Crippen molar-refractivity contribution in [2.45, 2.75) is 26.2 Å². The van der Waals surface area contributed by atoms with E-state index in [2.05, 4.69) is 21.8 Å². The normalized spacial score (nSPS) is 19.2. The molecule has 1 fully saturated rings. The molecular weight excluding hydrogens is 228 g/mol. The number of rotatable bonds is 6. The summed E-state index contributed by atoms with van der Waals surface area (Å²) in [5, 5.41) is 0. The van der Waals surface area contributed by atoms with Gasteiger partial charge in [-0.05, 0) is 31.7 Å². The van der Waals surface area contributed by atoms with Gasteiger partial charge >= 0.3 is 0 Å². The summed E-state index contributed by atoms with van der Waals surface area (Å²) in [5.74, 6) is 2.23. The molecule has 5 heteroatoms. The van der Waals surface area contributed by atoms with Gasteiger partial charge in [0.05, 0.1) is 19.0 Å². The predicted molar refractivity (Wildman–Crippen MR) is 71.8 cm³/mol. The highest BCUT2D eigenvalue weighted by atomic mass is 16.5.